The second-order valence-electron chi connectivity index (χ2n) is 10.1. The van der Waals surface area contributed by atoms with Gasteiger partial charge in [-0.25, -0.2) is 12.8 Å². The molecule has 224 valence electrons. The summed E-state index contributed by atoms with van der Waals surface area (Å²) in [6.45, 7) is 4.73. The molecule has 2 atom stereocenters. The summed E-state index contributed by atoms with van der Waals surface area (Å²) in [6.07, 6.45) is 0.878. The third-order valence-corrected chi connectivity index (χ3v) is 8.90. The van der Waals surface area contributed by atoms with Crippen molar-refractivity contribution in [3.63, 3.8) is 0 Å². The Bertz CT molecular complexity index is 1480. The number of ether oxygens (including phenoxy) is 2. The van der Waals surface area contributed by atoms with Crippen LogP contribution in [0.25, 0.3) is 0 Å². The van der Waals surface area contributed by atoms with Gasteiger partial charge in [-0.3, -0.25) is 13.9 Å². The molecule has 9 nitrogen and oxygen atoms in total. The number of anilines is 1. The first-order chi connectivity index (χ1) is 20.1. The van der Waals surface area contributed by atoms with Crippen molar-refractivity contribution in [2.45, 2.75) is 52.2 Å². The highest BCUT2D eigenvalue weighted by atomic mass is 32.2. The van der Waals surface area contributed by atoms with Gasteiger partial charge in [0.1, 0.15) is 18.4 Å². The van der Waals surface area contributed by atoms with Crippen LogP contribution in [0.1, 0.15) is 38.3 Å². The number of nitrogens with one attached hydrogen (secondary N) is 1. The smallest absolute Gasteiger partial charge is 0.244 e. The summed E-state index contributed by atoms with van der Waals surface area (Å²) < 4.78 is 52.1. The Morgan fingerprint density at radius 3 is 2.31 bits per heavy atom. The van der Waals surface area contributed by atoms with Gasteiger partial charge in [0.15, 0.2) is 11.5 Å². The second kappa shape index (κ2) is 13.7. The molecule has 3 aromatic rings. The first-order valence-corrected chi connectivity index (χ1v) is 15.5. The van der Waals surface area contributed by atoms with Gasteiger partial charge in [0.05, 0.1) is 11.4 Å². The van der Waals surface area contributed by atoms with Crippen LogP contribution in [0.4, 0.5) is 10.1 Å². The number of nitrogens with zero attached hydrogens (tertiary/aromatic N) is 2. The number of carbonyl (C=O) groups is 2. The standard InChI is InChI=1S/C31H36FN3O6S/c1-4-22(3)33-31(37)27(17-23-9-7-6-8-10-23)34(19-24-11-13-25(32)14-12-24)30(36)20-35(42(38,39)5-2)26-15-16-28-29(18-26)41-21-40-28/h6-16,18,22,27H,4-5,17,19-21H2,1-3H3,(H,33,37). The highest BCUT2D eigenvalue weighted by Gasteiger charge is 2.34. The van der Waals surface area contributed by atoms with Crippen LogP contribution in [0.5, 0.6) is 11.5 Å². The monoisotopic (exact) mass is 597 g/mol. The molecule has 11 heteroatoms. The molecular weight excluding hydrogens is 561 g/mol. The van der Waals surface area contributed by atoms with Crippen molar-refractivity contribution in [1.82, 2.24) is 10.2 Å². The molecule has 1 N–H and O–H groups in total. The van der Waals surface area contributed by atoms with E-state index in [2.05, 4.69) is 5.32 Å². The minimum absolute atomic E-state index is 0.0101. The van der Waals surface area contributed by atoms with Crippen LogP contribution in [0.2, 0.25) is 0 Å². The Morgan fingerprint density at radius 1 is 0.952 bits per heavy atom. The van der Waals surface area contributed by atoms with E-state index >= 15 is 0 Å². The van der Waals surface area contributed by atoms with Crippen molar-refractivity contribution in [2.75, 3.05) is 23.4 Å². The Morgan fingerprint density at radius 2 is 1.64 bits per heavy atom. The largest absolute Gasteiger partial charge is 0.454 e. The Labute approximate surface area is 246 Å². The van der Waals surface area contributed by atoms with E-state index in [0.29, 0.717) is 23.5 Å². The lowest BCUT2D eigenvalue weighted by molar-refractivity contribution is -0.140. The molecule has 0 aromatic heterocycles. The summed E-state index contributed by atoms with van der Waals surface area (Å²) in [7, 11) is -3.93. The van der Waals surface area contributed by atoms with Crippen molar-refractivity contribution < 1.29 is 31.9 Å². The van der Waals surface area contributed by atoms with E-state index in [0.717, 1.165) is 9.87 Å². The zero-order valence-corrected chi connectivity index (χ0v) is 24.8. The summed E-state index contributed by atoms with van der Waals surface area (Å²) in [6, 6.07) is 18.5. The number of hydrogen-bond acceptors (Lipinski definition) is 6. The molecule has 0 radical (unpaired) electrons. The lowest BCUT2D eigenvalue weighted by Gasteiger charge is -2.34. The maximum atomic E-state index is 14.2. The summed E-state index contributed by atoms with van der Waals surface area (Å²) >= 11 is 0. The number of sulfonamides is 1. The van der Waals surface area contributed by atoms with Gasteiger partial charge in [-0.15, -0.1) is 0 Å². The fraction of sp³-hybridized carbons (Fsp3) is 0.355. The maximum Gasteiger partial charge on any atom is 0.244 e. The molecule has 0 fully saturated rings. The number of rotatable bonds is 13. The van der Waals surface area contributed by atoms with Gasteiger partial charge in [-0.1, -0.05) is 49.4 Å². The summed E-state index contributed by atoms with van der Waals surface area (Å²) in [4.78, 5) is 29.3. The predicted molar refractivity (Wildman–Crippen MR) is 158 cm³/mol. The third-order valence-electron chi connectivity index (χ3n) is 7.16. The number of carbonyl (C=O) groups excluding carboxylic acids is 2. The zero-order valence-electron chi connectivity index (χ0n) is 24.0. The molecule has 42 heavy (non-hydrogen) atoms. The van der Waals surface area contributed by atoms with Gasteiger partial charge in [-0.05, 0) is 55.7 Å². The van der Waals surface area contributed by atoms with Gasteiger partial charge in [-0.2, -0.15) is 0 Å². The fourth-order valence-electron chi connectivity index (χ4n) is 4.54. The Kier molecular flexibility index (Phi) is 10.1. The number of amides is 2. The number of fused-ring (bicyclic) bond motifs is 1. The molecule has 2 amide bonds. The van der Waals surface area contributed by atoms with Crippen LogP contribution >= 0.6 is 0 Å². The van der Waals surface area contributed by atoms with Gasteiger partial charge < -0.3 is 19.7 Å². The summed E-state index contributed by atoms with van der Waals surface area (Å²) in [5.74, 6) is -0.800. The van der Waals surface area contributed by atoms with Crippen LogP contribution in [0, 0.1) is 5.82 Å². The molecule has 0 aliphatic carbocycles. The van der Waals surface area contributed by atoms with Crippen LogP contribution in [-0.2, 0) is 32.6 Å². The Hall–Kier alpha value is -4.12. The molecule has 0 saturated heterocycles. The number of hydrogen-bond donors (Lipinski definition) is 1. The average molecular weight is 598 g/mol. The van der Waals surface area contributed by atoms with Gasteiger partial charge in [0.2, 0.25) is 28.6 Å². The normalized spacial score (nSPS) is 13.7. The van der Waals surface area contributed by atoms with Crippen molar-refractivity contribution in [1.29, 1.82) is 0 Å². The summed E-state index contributed by atoms with van der Waals surface area (Å²) in [5, 5.41) is 2.98. The van der Waals surface area contributed by atoms with E-state index in [-0.39, 0.29) is 43.1 Å². The quantitative estimate of drug-likeness (QED) is 0.316. The SMILES string of the molecule is CCC(C)NC(=O)C(Cc1ccccc1)N(Cc1ccc(F)cc1)C(=O)CN(c1ccc2c(c1)OCO2)S(=O)(=O)CC. The molecule has 1 heterocycles. The first kappa shape index (κ1) is 30.8. The molecular formula is C31H36FN3O6S. The van der Waals surface area contributed by atoms with Crippen molar-refractivity contribution in [3.05, 3.63) is 89.7 Å². The van der Waals surface area contributed by atoms with Crippen LogP contribution in [0.3, 0.4) is 0 Å². The Balaban J connectivity index is 1.74. The minimum atomic E-state index is -3.93. The second-order valence-corrected chi connectivity index (χ2v) is 12.3. The van der Waals surface area contributed by atoms with Crippen LogP contribution < -0.4 is 19.1 Å². The van der Waals surface area contributed by atoms with Gasteiger partial charge in [0.25, 0.3) is 0 Å². The maximum absolute atomic E-state index is 14.2. The molecule has 1 aliphatic heterocycles. The highest BCUT2D eigenvalue weighted by molar-refractivity contribution is 7.92. The predicted octanol–water partition coefficient (Wildman–Crippen LogP) is 4.27. The topological polar surface area (TPSA) is 105 Å². The van der Waals surface area contributed by atoms with Crippen LogP contribution in [0.15, 0.2) is 72.8 Å². The molecule has 4 rings (SSSR count). The van der Waals surface area contributed by atoms with Crippen molar-refractivity contribution in [2.24, 2.45) is 0 Å². The van der Waals surface area contributed by atoms with E-state index in [1.807, 2.05) is 44.2 Å². The molecule has 0 spiro atoms. The molecule has 3 aromatic carbocycles. The fourth-order valence-corrected chi connectivity index (χ4v) is 5.60. The van der Waals surface area contributed by atoms with E-state index < -0.39 is 34.3 Å². The van der Waals surface area contributed by atoms with Gasteiger partial charge >= 0.3 is 0 Å². The third kappa shape index (κ3) is 7.58. The van der Waals surface area contributed by atoms with E-state index in [1.54, 1.807) is 24.3 Å². The molecule has 0 bridgehead atoms. The number of halogens is 1. The van der Waals surface area contributed by atoms with Gasteiger partial charge in [0, 0.05) is 25.1 Å². The van der Waals surface area contributed by atoms with Crippen molar-refractivity contribution >= 4 is 27.5 Å². The molecule has 2 unspecified atom stereocenters. The van der Waals surface area contributed by atoms with Crippen LogP contribution in [-0.4, -0.2) is 56.3 Å². The highest BCUT2D eigenvalue weighted by Crippen LogP contribution is 2.36. The first-order valence-electron chi connectivity index (χ1n) is 13.9. The van der Waals surface area contributed by atoms with E-state index in [1.165, 1.54) is 30.0 Å². The summed E-state index contributed by atoms with van der Waals surface area (Å²) in [5.41, 5.74) is 1.65. The van der Waals surface area contributed by atoms with E-state index in [9.17, 15) is 22.4 Å². The average Bonchev–Trinajstić information content (AvgIpc) is 3.47. The molecule has 0 saturated carbocycles. The van der Waals surface area contributed by atoms with Crippen molar-refractivity contribution in [3.8, 4) is 11.5 Å². The minimum Gasteiger partial charge on any atom is -0.454 e. The molecule has 1 aliphatic rings. The number of benzene rings is 3. The zero-order chi connectivity index (χ0) is 30.3. The lowest BCUT2D eigenvalue weighted by Crippen LogP contribution is -2.54. The van der Waals surface area contributed by atoms with E-state index in [4.69, 9.17) is 9.47 Å². The lowest BCUT2D eigenvalue weighted by atomic mass is 10.0.